The standard InChI is InChI=1S/C15H17N4OP/c1-9-7-16-19-11-4-3-10(8-18-5-2-6-18)14(21)12(11)17-15(20)13(9)19/h3-4,7H,2,5-6,8,21H2,1H3,(H,17,20). The molecule has 21 heavy (non-hydrogen) atoms. The molecule has 2 aromatic heterocycles. The first kappa shape index (κ1) is 13.0. The van der Waals surface area contributed by atoms with Crippen LogP contribution in [0.1, 0.15) is 17.5 Å². The van der Waals surface area contributed by atoms with Crippen LogP contribution in [0.4, 0.5) is 0 Å². The fourth-order valence-corrected chi connectivity index (χ4v) is 3.35. The smallest absolute Gasteiger partial charge is 0.274 e. The Morgan fingerprint density at radius 1 is 1.38 bits per heavy atom. The Morgan fingerprint density at radius 3 is 2.90 bits per heavy atom. The maximum Gasteiger partial charge on any atom is 0.274 e. The van der Waals surface area contributed by atoms with E-state index >= 15 is 0 Å². The molecule has 3 aromatic rings. The molecule has 108 valence electrons. The number of fused-ring (bicyclic) bond motifs is 3. The zero-order valence-corrected chi connectivity index (χ0v) is 13.0. The lowest BCUT2D eigenvalue weighted by molar-refractivity contribution is 0.173. The van der Waals surface area contributed by atoms with Crippen molar-refractivity contribution in [1.29, 1.82) is 0 Å². The van der Waals surface area contributed by atoms with Crippen LogP contribution >= 0.6 is 9.24 Å². The van der Waals surface area contributed by atoms with Crippen molar-refractivity contribution in [2.45, 2.75) is 19.9 Å². The molecule has 0 bridgehead atoms. The summed E-state index contributed by atoms with van der Waals surface area (Å²) in [4.78, 5) is 17.7. The Morgan fingerprint density at radius 2 is 2.19 bits per heavy atom. The van der Waals surface area contributed by atoms with Gasteiger partial charge in [0.05, 0.1) is 17.2 Å². The summed E-state index contributed by atoms with van der Waals surface area (Å²) < 4.78 is 1.74. The minimum Gasteiger partial charge on any atom is -0.318 e. The maximum absolute atomic E-state index is 12.3. The third-order valence-corrected chi connectivity index (χ3v) is 4.95. The van der Waals surface area contributed by atoms with E-state index in [1.807, 2.05) is 13.0 Å². The van der Waals surface area contributed by atoms with Gasteiger partial charge in [0.1, 0.15) is 5.52 Å². The summed E-state index contributed by atoms with van der Waals surface area (Å²) in [6.45, 7) is 5.17. The minimum absolute atomic E-state index is 0.0812. The maximum atomic E-state index is 12.3. The number of aromatic nitrogens is 3. The van der Waals surface area contributed by atoms with Gasteiger partial charge in [-0.05, 0) is 43.4 Å². The van der Waals surface area contributed by atoms with Crippen LogP contribution in [0.5, 0.6) is 0 Å². The molecule has 1 aliphatic heterocycles. The van der Waals surface area contributed by atoms with E-state index in [1.165, 1.54) is 12.0 Å². The van der Waals surface area contributed by atoms with Gasteiger partial charge in [0.15, 0.2) is 0 Å². The van der Waals surface area contributed by atoms with E-state index in [-0.39, 0.29) is 5.56 Å². The topological polar surface area (TPSA) is 53.4 Å². The van der Waals surface area contributed by atoms with E-state index in [4.69, 9.17) is 0 Å². The van der Waals surface area contributed by atoms with Crippen molar-refractivity contribution in [3.63, 3.8) is 0 Å². The van der Waals surface area contributed by atoms with Crippen LogP contribution in [0.15, 0.2) is 23.1 Å². The van der Waals surface area contributed by atoms with Crippen LogP contribution in [0.25, 0.3) is 16.6 Å². The zero-order chi connectivity index (χ0) is 14.6. The highest BCUT2D eigenvalue weighted by atomic mass is 31.0. The molecule has 4 rings (SSSR count). The Hall–Kier alpha value is -1.71. The molecule has 1 N–H and O–H groups in total. The van der Waals surface area contributed by atoms with E-state index < -0.39 is 0 Å². The van der Waals surface area contributed by atoms with Crippen molar-refractivity contribution < 1.29 is 0 Å². The summed E-state index contributed by atoms with van der Waals surface area (Å²) in [5, 5.41) is 5.40. The lowest BCUT2D eigenvalue weighted by atomic mass is 10.1. The number of likely N-dealkylation sites (tertiary alicyclic amines) is 1. The molecule has 0 saturated carbocycles. The fourth-order valence-electron chi connectivity index (χ4n) is 2.94. The molecule has 0 radical (unpaired) electrons. The fraction of sp³-hybridized carbons (Fsp3) is 0.333. The second kappa shape index (κ2) is 4.65. The van der Waals surface area contributed by atoms with Crippen LogP contribution in [0, 0.1) is 6.92 Å². The lowest BCUT2D eigenvalue weighted by Gasteiger charge is -2.31. The quantitative estimate of drug-likeness (QED) is 0.723. The molecule has 1 aliphatic rings. The number of nitrogens with one attached hydrogen (secondary N) is 1. The van der Waals surface area contributed by atoms with Gasteiger partial charge in [0.25, 0.3) is 5.56 Å². The molecular weight excluding hydrogens is 283 g/mol. The van der Waals surface area contributed by atoms with Crippen molar-refractivity contribution >= 4 is 31.1 Å². The third kappa shape index (κ3) is 1.92. The van der Waals surface area contributed by atoms with Gasteiger partial charge in [-0.15, -0.1) is 9.24 Å². The first-order chi connectivity index (χ1) is 10.1. The van der Waals surface area contributed by atoms with E-state index in [0.29, 0.717) is 5.52 Å². The molecule has 0 aliphatic carbocycles. The molecule has 0 spiro atoms. The average molecular weight is 300 g/mol. The summed E-state index contributed by atoms with van der Waals surface area (Å²) in [5.74, 6) is 0. The number of hydrogen-bond acceptors (Lipinski definition) is 3. The summed E-state index contributed by atoms with van der Waals surface area (Å²) >= 11 is 0. The number of aryl methyl sites for hydroxylation is 1. The SMILES string of the molecule is Cc1cnn2c1c(=O)[nH]c1c(P)c(CN3CCC3)ccc12. The van der Waals surface area contributed by atoms with Crippen molar-refractivity contribution in [3.8, 4) is 0 Å². The van der Waals surface area contributed by atoms with Crippen LogP contribution in [-0.4, -0.2) is 32.6 Å². The van der Waals surface area contributed by atoms with Gasteiger partial charge in [-0.3, -0.25) is 9.69 Å². The molecular formula is C15H17N4OP. The summed E-state index contributed by atoms with van der Waals surface area (Å²) in [6.07, 6.45) is 3.02. The molecule has 3 heterocycles. The average Bonchev–Trinajstić information content (AvgIpc) is 2.80. The monoisotopic (exact) mass is 300 g/mol. The number of hydrogen-bond donors (Lipinski definition) is 1. The number of rotatable bonds is 2. The normalized spacial score (nSPS) is 15.7. The number of nitrogens with zero attached hydrogens (tertiary/aromatic N) is 3. The van der Waals surface area contributed by atoms with Crippen molar-refractivity contribution in [2.75, 3.05) is 13.1 Å². The van der Waals surface area contributed by atoms with Crippen LogP contribution in [0.2, 0.25) is 0 Å². The van der Waals surface area contributed by atoms with Crippen molar-refractivity contribution in [3.05, 3.63) is 39.8 Å². The van der Waals surface area contributed by atoms with E-state index in [0.717, 1.165) is 41.5 Å². The highest BCUT2D eigenvalue weighted by Crippen LogP contribution is 2.19. The first-order valence-corrected chi connectivity index (χ1v) is 7.73. The van der Waals surface area contributed by atoms with Crippen LogP contribution < -0.4 is 10.9 Å². The second-order valence-corrected chi connectivity index (χ2v) is 6.28. The highest BCUT2D eigenvalue weighted by Gasteiger charge is 2.17. The van der Waals surface area contributed by atoms with Gasteiger partial charge in [-0.2, -0.15) is 5.10 Å². The highest BCUT2D eigenvalue weighted by molar-refractivity contribution is 7.28. The van der Waals surface area contributed by atoms with E-state index in [2.05, 4.69) is 30.3 Å². The summed E-state index contributed by atoms with van der Waals surface area (Å²) in [7, 11) is 2.78. The lowest BCUT2D eigenvalue weighted by Crippen LogP contribution is -2.37. The molecule has 1 aromatic carbocycles. The molecule has 1 unspecified atom stereocenters. The zero-order valence-electron chi connectivity index (χ0n) is 11.9. The Bertz CT molecular complexity index is 907. The van der Waals surface area contributed by atoms with Gasteiger partial charge in [0.2, 0.25) is 0 Å². The minimum atomic E-state index is -0.0812. The number of aromatic amines is 1. The molecule has 1 saturated heterocycles. The van der Waals surface area contributed by atoms with E-state index in [9.17, 15) is 4.79 Å². The number of benzene rings is 1. The molecule has 6 heteroatoms. The van der Waals surface area contributed by atoms with E-state index in [1.54, 1.807) is 10.7 Å². The molecule has 5 nitrogen and oxygen atoms in total. The largest absolute Gasteiger partial charge is 0.318 e. The van der Waals surface area contributed by atoms with Gasteiger partial charge in [0, 0.05) is 12.1 Å². The molecule has 0 amide bonds. The number of H-pyrrole nitrogens is 1. The Kier molecular flexibility index (Phi) is 2.88. The Labute approximate surface area is 124 Å². The van der Waals surface area contributed by atoms with Crippen molar-refractivity contribution in [2.24, 2.45) is 0 Å². The van der Waals surface area contributed by atoms with Gasteiger partial charge in [-0.25, -0.2) is 4.52 Å². The molecule has 1 atom stereocenters. The van der Waals surface area contributed by atoms with Crippen molar-refractivity contribution in [1.82, 2.24) is 19.5 Å². The predicted octanol–water partition coefficient (Wildman–Crippen LogP) is 1.19. The summed E-state index contributed by atoms with van der Waals surface area (Å²) in [6, 6.07) is 4.19. The third-order valence-electron chi connectivity index (χ3n) is 4.29. The van der Waals surface area contributed by atoms with Gasteiger partial charge >= 0.3 is 0 Å². The first-order valence-electron chi connectivity index (χ1n) is 7.15. The Balaban J connectivity index is 1.96. The van der Waals surface area contributed by atoms with Gasteiger partial charge in [-0.1, -0.05) is 6.07 Å². The second-order valence-electron chi connectivity index (χ2n) is 5.70. The predicted molar refractivity (Wildman–Crippen MR) is 87.3 cm³/mol. The summed E-state index contributed by atoms with van der Waals surface area (Å²) in [5.41, 5.74) is 4.48. The van der Waals surface area contributed by atoms with Crippen LogP contribution in [0.3, 0.4) is 0 Å². The van der Waals surface area contributed by atoms with Crippen LogP contribution in [-0.2, 0) is 6.54 Å². The van der Waals surface area contributed by atoms with Gasteiger partial charge < -0.3 is 4.98 Å². The molecule has 1 fully saturated rings.